The fourth-order valence-electron chi connectivity index (χ4n) is 3.35. The van der Waals surface area contributed by atoms with Crippen LogP contribution in [0, 0.1) is 11.3 Å². The predicted molar refractivity (Wildman–Crippen MR) is 108 cm³/mol. The van der Waals surface area contributed by atoms with Gasteiger partial charge in [0.15, 0.2) is 11.5 Å². The van der Waals surface area contributed by atoms with Crippen LogP contribution in [0.5, 0.6) is 17.4 Å². The average Bonchev–Trinajstić information content (AvgIpc) is 2.77. The first-order valence-corrected chi connectivity index (χ1v) is 9.12. The van der Waals surface area contributed by atoms with Crippen molar-refractivity contribution in [1.82, 2.24) is 9.97 Å². The van der Waals surface area contributed by atoms with Gasteiger partial charge in [-0.15, -0.1) is 0 Å². The molecule has 1 unspecified atom stereocenters. The minimum Gasteiger partial charge on any atom is -0.493 e. The van der Waals surface area contributed by atoms with E-state index in [0.717, 1.165) is 5.56 Å². The molecule has 1 aliphatic rings. The molecule has 0 amide bonds. The molecule has 0 bridgehead atoms. The second kappa shape index (κ2) is 8.01. The second-order valence-corrected chi connectivity index (χ2v) is 6.56. The summed E-state index contributed by atoms with van der Waals surface area (Å²) in [7, 11) is 1.52. The van der Waals surface area contributed by atoms with Gasteiger partial charge in [-0.2, -0.15) is 5.26 Å². The molecule has 0 saturated carbocycles. The first kappa shape index (κ1) is 19.1. The summed E-state index contributed by atoms with van der Waals surface area (Å²) >= 11 is 0. The molecule has 1 aliphatic heterocycles. The van der Waals surface area contributed by atoms with Crippen LogP contribution in [0.15, 0.2) is 71.1 Å². The van der Waals surface area contributed by atoms with Gasteiger partial charge in [0.25, 0.3) is 5.56 Å². The van der Waals surface area contributed by atoms with Gasteiger partial charge in [0, 0.05) is 0 Å². The largest absolute Gasteiger partial charge is 0.493 e. The van der Waals surface area contributed by atoms with Crippen LogP contribution in [-0.4, -0.2) is 17.1 Å². The van der Waals surface area contributed by atoms with Crippen LogP contribution >= 0.6 is 0 Å². The van der Waals surface area contributed by atoms with E-state index in [4.69, 9.17) is 19.9 Å². The van der Waals surface area contributed by atoms with Crippen molar-refractivity contribution in [2.75, 3.05) is 7.11 Å². The molecule has 0 aliphatic carbocycles. The Morgan fingerprint density at radius 2 is 2.03 bits per heavy atom. The maximum Gasteiger partial charge on any atom is 0.258 e. The van der Waals surface area contributed by atoms with Crippen LogP contribution in [0.2, 0.25) is 0 Å². The maximum absolute atomic E-state index is 12.5. The van der Waals surface area contributed by atoms with Gasteiger partial charge in [-0.1, -0.05) is 36.4 Å². The highest BCUT2D eigenvalue weighted by molar-refractivity contribution is 5.55. The molecule has 0 radical (unpaired) electrons. The fraction of sp³-hybridized carbons (Fsp3) is 0.136. The van der Waals surface area contributed by atoms with Crippen molar-refractivity contribution < 1.29 is 14.2 Å². The molecule has 2 aromatic carbocycles. The Balaban J connectivity index is 1.74. The smallest absolute Gasteiger partial charge is 0.258 e. The maximum atomic E-state index is 12.5. The molecule has 4 rings (SSSR count). The number of methoxy groups -OCH3 is 1. The predicted octanol–water partition coefficient (Wildman–Crippen LogP) is 2.58. The molecule has 1 atom stereocenters. The summed E-state index contributed by atoms with van der Waals surface area (Å²) in [6.45, 7) is 0.372. The van der Waals surface area contributed by atoms with E-state index in [0.29, 0.717) is 23.7 Å². The van der Waals surface area contributed by atoms with Gasteiger partial charge in [0.1, 0.15) is 18.2 Å². The van der Waals surface area contributed by atoms with Crippen LogP contribution in [0.4, 0.5) is 0 Å². The summed E-state index contributed by atoms with van der Waals surface area (Å²) in [5.41, 5.74) is 7.49. The van der Waals surface area contributed by atoms with Crippen molar-refractivity contribution in [2.45, 2.75) is 12.5 Å². The molecule has 30 heavy (non-hydrogen) atoms. The highest BCUT2D eigenvalue weighted by Crippen LogP contribution is 2.41. The number of hydrogen-bond donors (Lipinski definition) is 2. The number of H-pyrrole nitrogens is 1. The van der Waals surface area contributed by atoms with Crippen molar-refractivity contribution in [1.29, 1.82) is 5.26 Å². The van der Waals surface area contributed by atoms with E-state index in [1.54, 1.807) is 18.2 Å². The van der Waals surface area contributed by atoms with Crippen LogP contribution in [-0.2, 0) is 6.61 Å². The summed E-state index contributed by atoms with van der Waals surface area (Å²) in [6.07, 6.45) is 1.23. The number of allylic oxidation sites excluding steroid dienone is 1. The minimum absolute atomic E-state index is 0.0728. The van der Waals surface area contributed by atoms with E-state index in [-0.39, 0.29) is 22.9 Å². The topological polar surface area (TPSA) is 123 Å². The molecule has 3 aromatic rings. The van der Waals surface area contributed by atoms with E-state index < -0.39 is 11.5 Å². The normalized spacial score (nSPS) is 15.0. The van der Waals surface area contributed by atoms with Crippen molar-refractivity contribution in [3.8, 4) is 23.4 Å². The van der Waals surface area contributed by atoms with Crippen molar-refractivity contribution in [2.24, 2.45) is 5.73 Å². The molecule has 2 heterocycles. The molecule has 1 aromatic heterocycles. The Hall–Kier alpha value is -4.25. The SMILES string of the molecule is COc1cc(C2C(C#N)=C(N)Oc3nc[nH]c(=O)c32)ccc1OCc1ccccc1. The molecule has 150 valence electrons. The van der Waals surface area contributed by atoms with Gasteiger partial charge >= 0.3 is 0 Å². The third-order valence-electron chi connectivity index (χ3n) is 4.78. The summed E-state index contributed by atoms with van der Waals surface area (Å²) in [5, 5.41) is 9.64. The van der Waals surface area contributed by atoms with Gasteiger partial charge in [-0.25, -0.2) is 4.98 Å². The average molecular weight is 402 g/mol. The van der Waals surface area contributed by atoms with E-state index in [1.807, 2.05) is 36.4 Å². The minimum atomic E-state index is -0.742. The molecule has 0 saturated heterocycles. The summed E-state index contributed by atoms with van der Waals surface area (Å²) < 4.78 is 16.8. The van der Waals surface area contributed by atoms with Crippen LogP contribution in [0.3, 0.4) is 0 Å². The number of nitrogens with two attached hydrogens (primary N) is 1. The van der Waals surface area contributed by atoms with Crippen molar-refractivity contribution >= 4 is 0 Å². The number of rotatable bonds is 5. The number of nitrogens with one attached hydrogen (secondary N) is 1. The first-order chi connectivity index (χ1) is 14.6. The summed E-state index contributed by atoms with van der Waals surface area (Å²) in [6, 6.07) is 17.0. The first-order valence-electron chi connectivity index (χ1n) is 9.12. The van der Waals surface area contributed by atoms with E-state index in [2.05, 4.69) is 9.97 Å². The molecular formula is C22H18N4O4. The number of fused-ring (bicyclic) bond motifs is 1. The molecular weight excluding hydrogens is 384 g/mol. The number of aromatic nitrogens is 2. The van der Waals surface area contributed by atoms with E-state index >= 15 is 0 Å². The van der Waals surface area contributed by atoms with Crippen molar-refractivity contribution in [3.63, 3.8) is 0 Å². The third kappa shape index (κ3) is 3.44. The van der Waals surface area contributed by atoms with Crippen LogP contribution in [0.25, 0.3) is 0 Å². The Labute approximate surface area is 172 Å². The van der Waals surface area contributed by atoms with Gasteiger partial charge < -0.3 is 24.9 Å². The zero-order chi connectivity index (χ0) is 21.1. The van der Waals surface area contributed by atoms with E-state index in [1.165, 1.54) is 13.4 Å². The quantitative estimate of drug-likeness (QED) is 0.672. The monoisotopic (exact) mass is 402 g/mol. The number of nitriles is 1. The van der Waals surface area contributed by atoms with Gasteiger partial charge in [0.05, 0.1) is 24.9 Å². The number of aromatic amines is 1. The number of benzene rings is 2. The fourth-order valence-corrected chi connectivity index (χ4v) is 3.35. The third-order valence-corrected chi connectivity index (χ3v) is 4.78. The zero-order valence-corrected chi connectivity index (χ0v) is 16.1. The molecule has 0 spiro atoms. The number of hydrogen-bond acceptors (Lipinski definition) is 7. The second-order valence-electron chi connectivity index (χ2n) is 6.56. The van der Waals surface area contributed by atoms with E-state index in [9.17, 15) is 10.1 Å². The zero-order valence-electron chi connectivity index (χ0n) is 16.1. The highest BCUT2D eigenvalue weighted by atomic mass is 16.5. The van der Waals surface area contributed by atoms with Crippen molar-refractivity contribution in [3.05, 3.63) is 93.4 Å². The molecule has 8 heteroatoms. The summed E-state index contributed by atoms with van der Waals surface area (Å²) in [4.78, 5) is 19.1. The lowest BCUT2D eigenvalue weighted by atomic mass is 9.85. The number of nitrogens with zero attached hydrogens (tertiary/aromatic N) is 2. The van der Waals surface area contributed by atoms with Gasteiger partial charge in [0.2, 0.25) is 11.8 Å². The lowest BCUT2D eigenvalue weighted by Gasteiger charge is -2.25. The Morgan fingerprint density at radius 1 is 1.23 bits per heavy atom. The standard InChI is InChI=1S/C22H18N4O4/c1-28-17-9-14(7-8-16(17)29-11-13-5-3-2-4-6-13)18-15(10-23)20(24)30-22-19(18)21(27)25-12-26-22/h2-9,12,18H,11,24H2,1H3,(H,25,26,27). The highest BCUT2D eigenvalue weighted by Gasteiger charge is 2.34. The Morgan fingerprint density at radius 3 is 2.77 bits per heavy atom. The van der Waals surface area contributed by atoms with Gasteiger partial charge in [-0.05, 0) is 23.3 Å². The van der Waals surface area contributed by atoms with Gasteiger partial charge in [-0.3, -0.25) is 4.79 Å². The lowest BCUT2D eigenvalue weighted by Crippen LogP contribution is -2.28. The summed E-state index contributed by atoms with van der Waals surface area (Å²) in [5.74, 6) is 0.244. The Bertz CT molecular complexity index is 1210. The van der Waals surface area contributed by atoms with Crippen LogP contribution < -0.4 is 25.5 Å². The lowest BCUT2D eigenvalue weighted by molar-refractivity contribution is 0.284. The molecule has 0 fully saturated rings. The Kier molecular flexibility index (Phi) is 5.09. The number of ether oxygens (including phenoxy) is 3. The van der Waals surface area contributed by atoms with Crippen LogP contribution in [0.1, 0.15) is 22.6 Å². The molecule has 3 N–H and O–H groups in total. The molecule has 8 nitrogen and oxygen atoms in total.